The number of hydrogen-bond donors (Lipinski definition) is 1. The fourth-order valence-electron chi connectivity index (χ4n) is 2.23. The molecule has 0 bridgehead atoms. The third-order valence-electron chi connectivity index (χ3n) is 3.83. The number of carbonyl (C=O) groups excluding carboxylic acids is 2. The van der Waals surface area contributed by atoms with Gasteiger partial charge >= 0.3 is 0 Å². The summed E-state index contributed by atoms with van der Waals surface area (Å²) < 4.78 is 0. The Hall–Kier alpha value is -1.10. The van der Waals surface area contributed by atoms with Crippen molar-refractivity contribution in [1.29, 1.82) is 0 Å². The van der Waals surface area contributed by atoms with E-state index in [1.54, 1.807) is 4.90 Å². The van der Waals surface area contributed by atoms with Gasteiger partial charge in [0.1, 0.15) is 0 Å². The van der Waals surface area contributed by atoms with Crippen molar-refractivity contribution in [3.8, 4) is 0 Å². The topological polar surface area (TPSA) is 66.6 Å². The van der Waals surface area contributed by atoms with E-state index in [2.05, 4.69) is 0 Å². The van der Waals surface area contributed by atoms with Crippen molar-refractivity contribution in [1.82, 2.24) is 9.80 Å². The second kappa shape index (κ2) is 5.26. The predicted octanol–water partition coefficient (Wildman–Crippen LogP) is 0.0505. The molecular formula is C13H23N3O2. The minimum Gasteiger partial charge on any atom is -0.339 e. The highest BCUT2D eigenvalue weighted by molar-refractivity contribution is 5.83. The zero-order valence-electron chi connectivity index (χ0n) is 11.3. The van der Waals surface area contributed by atoms with Crippen LogP contribution in [-0.2, 0) is 9.59 Å². The maximum Gasteiger partial charge on any atom is 0.239 e. The maximum atomic E-state index is 12.1. The van der Waals surface area contributed by atoms with Gasteiger partial charge in [-0.05, 0) is 18.8 Å². The van der Waals surface area contributed by atoms with E-state index in [0.717, 1.165) is 12.8 Å². The number of amides is 2. The molecule has 1 heterocycles. The smallest absolute Gasteiger partial charge is 0.239 e. The van der Waals surface area contributed by atoms with Crippen LogP contribution in [0.2, 0.25) is 0 Å². The molecule has 0 aromatic rings. The normalized spacial score (nSPS) is 22.2. The summed E-state index contributed by atoms with van der Waals surface area (Å²) in [6.07, 6.45) is 2.08. The van der Waals surface area contributed by atoms with Crippen molar-refractivity contribution in [3.05, 3.63) is 0 Å². The van der Waals surface area contributed by atoms with E-state index < -0.39 is 6.04 Å². The quantitative estimate of drug-likeness (QED) is 0.773. The largest absolute Gasteiger partial charge is 0.339 e. The highest BCUT2D eigenvalue weighted by Crippen LogP contribution is 2.31. The van der Waals surface area contributed by atoms with Gasteiger partial charge in [0.25, 0.3) is 0 Å². The summed E-state index contributed by atoms with van der Waals surface area (Å²) in [5, 5.41) is 0. The molecule has 0 unspecified atom stereocenters. The van der Waals surface area contributed by atoms with Crippen LogP contribution >= 0.6 is 0 Å². The fraction of sp³-hybridized carbons (Fsp3) is 0.846. The zero-order valence-corrected chi connectivity index (χ0v) is 11.3. The molecule has 1 saturated carbocycles. The van der Waals surface area contributed by atoms with Crippen LogP contribution in [0.1, 0.15) is 26.7 Å². The first-order valence-corrected chi connectivity index (χ1v) is 6.84. The maximum absolute atomic E-state index is 12.1. The Bertz CT molecular complexity index is 331. The molecule has 0 radical (unpaired) electrons. The van der Waals surface area contributed by atoms with E-state index in [-0.39, 0.29) is 23.7 Å². The first kappa shape index (κ1) is 13.3. The van der Waals surface area contributed by atoms with Crippen LogP contribution in [-0.4, -0.2) is 53.8 Å². The molecule has 5 nitrogen and oxygen atoms in total. The summed E-state index contributed by atoms with van der Waals surface area (Å²) in [7, 11) is 0. The number of nitrogens with two attached hydrogens (primary N) is 1. The Morgan fingerprint density at radius 1 is 1.06 bits per heavy atom. The number of nitrogens with zero attached hydrogens (tertiary/aromatic N) is 2. The SMILES string of the molecule is CC(C)[C@@H](N)C(=O)N1CCN(C(=O)C2CC2)CC1. The monoisotopic (exact) mass is 253 g/mol. The van der Waals surface area contributed by atoms with Crippen molar-refractivity contribution < 1.29 is 9.59 Å². The van der Waals surface area contributed by atoms with E-state index in [1.807, 2.05) is 18.7 Å². The molecule has 2 N–H and O–H groups in total. The van der Waals surface area contributed by atoms with Crippen LogP contribution in [0.3, 0.4) is 0 Å². The Morgan fingerprint density at radius 2 is 1.56 bits per heavy atom. The lowest BCUT2D eigenvalue weighted by Crippen LogP contribution is -2.55. The fourth-order valence-corrected chi connectivity index (χ4v) is 2.23. The summed E-state index contributed by atoms with van der Waals surface area (Å²) in [5.41, 5.74) is 5.87. The van der Waals surface area contributed by atoms with Crippen molar-refractivity contribution in [2.45, 2.75) is 32.7 Å². The Kier molecular flexibility index (Phi) is 3.90. The standard InChI is InChI=1S/C13H23N3O2/c1-9(2)11(14)13(18)16-7-5-15(6-8-16)12(17)10-3-4-10/h9-11H,3-8,14H2,1-2H3/t11-/m1/s1. The molecule has 5 heteroatoms. The van der Waals surface area contributed by atoms with Crippen molar-refractivity contribution in [2.24, 2.45) is 17.6 Å². The molecule has 2 aliphatic rings. The minimum atomic E-state index is -0.421. The first-order chi connectivity index (χ1) is 8.50. The molecular weight excluding hydrogens is 230 g/mol. The Morgan fingerprint density at radius 3 is 2.00 bits per heavy atom. The number of piperazine rings is 1. The number of carbonyl (C=O) groups is 2. The summed E-state index contributed by atoms with van der Waals surface area (Å²) in [4.78, 5) is 27.6. The molecule has 0 aromatic heterocycles. The van der Waals surface area contributed by atoms with Crippen LogP contribution in [0.4, 0.5) is 0 Å². The molecule has 2 amide bonds. The van der Waals surface area contributed by atoms with Crippen LogP contribution in [0.25, 0.3) is 0 Å². The molecule has 2 fully saturated rings. The van der Waals surface area contributed by atoms with Gasteiger partial charge in [-0.3, -0.25) is 9.59 Å². The van der Waals surface area contributed by atoms with E-state index in [1.165, 1.54) is 0 Å². The third-order valence-corrected chi connectivity index (χ3v) is 3.83. The summed E-state index contributed by atoms with van der Waals surface area (Å²) in [6, 6.07) is -0.421. The molecule has 1 aliphatic carbocycles. The van der Waals surface area contributed by atoms with Gasteiger partial charge < -0.3 is 15.5 Å². The molecule has 1 saturated heterocycles. The van der Waals surface area contributed by atoms with Crippen LogP contribution in [0, 0.1) is 11.8 Å². The van der Waals surface area contributed by atoms with Crippen LogP contribution in [0.15, 0.2) is 0 Å². The van der Waals surface area contributed by atoms with Gasteiger partial charge in [0.15, 0.2) is 0 Å². The van der Waals surface area contributed by atoms with Crippen LogP contribution in [0.5, 0.6) is 0 Å². The molecule has 102 valence electrons. The molecule has 0 spiro atoms. The lowest BCUT2D eigenvalue weighted by Gasteiger charge is -2.36. The van der Waals surface area contributed by atoms with E-state index >= 15 is 0 Å². The zero-order chi connectivity index (χ0) is 13.3. The predicted molar refractivity (Wildman–Crippen MR) is 68.7 cm³/mol. The van der Waals surface area contributed by atoms with E-state index in [0.29, 0.717) is 26.2 Å². The highest BCUT2D eigenvalue weighted by Gasteiger charge is 2.35. The average Bonchev–Trinajstić information content (AvgIpc) is 3.20. The third kappa shape index (κ3) is 2.83. The van der Waals surface area contributed by atoms with Crippen molar-refractivity contribution in [3.63, 3.8) is 0 Å². The van der Waals surface area contributed by atoms with Crippen LogP contribution < -0.4 is 5.73 Å². The molecule has 0 aromatic carbocycles. The van der Waals surface area contributed by atoms with E-state index in [4.69, 9.17) is 5.73 Å². The van der Waals surface area contributed by atoms with Gasteiger partial charge in [0.2, 0.25) is 11.8 Å². The Balaban J connectivity index is 1.82. The first-order valence-electron chi connectivity index (χ1n) is 6.84. The second-order valence-corrected chi connectivity index (χ2v) is 5.69. The molecule has 18 heavy (non-hydrogen) atoms. The number of rotatable bonds is 3. The van der Waals surface area contributed by atoms with Gasteiger partial charge in [0.05, 0.1) is 6.04 Å². The number of hydrogen-bond acceptors (Lipinski definition) is 3. The van der Waals surface area contributed by atoms with Gasteiger partial charge in [-0.15, -0.1) is 0 Å². The Labute approximate surface area is 108 Å². The van der Waals surface area contributed by atoms with Gasteiger partial charge in [0, 0.05) is 32.1 Å². The van der Waals surface area contributed by atoms with Gasteiger partial charge in [-0.2, -0.15) is 0 Å². The second-order valence-electron chi connectivity index (χ2n) is 5.69. The average molecular weight is 253 g/mol. The molecule has 1 atom stereocenters. The summed E-state index contributed by atoms with van der Waals surface area (Å²) >= 11 is 0. The molecule has 1 aliphatic heterocycles. The molecule has 2 rings (SSSR count). The summed E-state index contributed by atoms with van der Waals surface area (Å²) in [5.74, 6) is 0.715. The summed E-state index contributed by atoms with van der Waals surface area (Å²) in [6.45, 7) is 6.47. The van der Waals surface area contributed by atoms with Crippen molar-refractivity contribution >= 4 is 11.8 Å². The minimum absolute atomic E-state index is 0.0171. The van der Waals surface area contributed by atoms with E-state index in [9.17, 15) is 9.59 Å². The highest BCUT2D eigenvalue weighted by atomic mass is 16.2. The van der Waals surface area contributed by atoms with Gasteiger partial charge in [-0.1, -0.05) is 13.8 Å². The lowest BCUT2D eigenvalue weighted by molar-refractivity contribution is -0.141. The lowest BCUT2D eigenvalue weighted by atomic mass is 10.0. The van der Waals surface area contributed by atoms with Crippen molar-refractivity contribution in [2.75, 3.05) is 26.2 Å². The van der Waals surface area contributed by atoms with Gasteiger partial charge in [-0.25, -0.2) is 0 Å².